The van der Waals surface area contributed by atoms with Gasteiger partial charge in [-0.25, -0.2) is 0 Å². The summed E-state index contributed by atoms with van der Waals surface area (Å²) < 4.78 is 4.99. The number of piperidine rings is 1. The van der Waals surface area contributed by atoms with Crippen molar-refractivity contribution in [1.29, 1.82) is 0 Å². The van der Waals surface area contributed by atoms with Crippen LogP contribution in [-0.4, -0.2) is 49.2 Å². The van der Waals surface area contributed by atoms with Crippen LogP contribution in [0.25, 0.3) is 0 Å². The number of nitrogens with zero attached hydrogens (tertiary/aromatic N) is 1. The van der Waals surface area contributed by atoms with E-state index in [0.29, 0.717) is 23.3 Å². The van der Waals surface area contributed by atoms with Gasteiger partial charge in [-0.2, -0.15) is 0 Å². The van der Waals surface area contributed by atoms with Gasteiger partial charge in [0.25, 0.3) is 5.91 Å². The molecule has 0 aliphatic carbocycles. The molecule has 1 aromatic rings. The number of carbonyl (C=O) groups is 1. The molecular weight excluding hydrogens is 256 g/mol. The molecular formula is C15H22N2O3. The highest BCUT2D eigenvalue weighted by Gasteiger charge is 2.28. The summed E-state index contributed by atoms with van der Waals surface area (Å²) in [5.41, 5.74) is 0.499. The van der Waals surface area contributed by atoms with Crippen molar-refractivity contribution in [3.63, 3.8) is 0 Å². The fourth-order valence-corrected chi connectivity index (χ4v) is 2.76. The van der Waals surface area contributed by atoms with Crippen molar-refractivity contribution in [3.8, 4) is 11.5 Å². The van der Waals surface area contributed by atoms with Crippen LogP contribution >= 0.6 is 0 Å². The van der Waals surface area contributed by atoms with Gasteiger partial charge in [0.2, 0.25) is 0 Å². The summed E-state index contributed by atoms with van der Waals surface area (Å²) in [7, 11) is 3.45. The molecule has 1 saturated heterocycles. The van der Waals surface area contributed by atoms with E-state index in [1.165, 1.54) is 13.2 Å². The SMILES string of the molecule is CNC1CCN(C(=O)c2ccc(OC)c(O)c2)CC1C. The van der Waals surface area contributed by atoms with Gasteiger partial charge in [0.05, 0.1) is 7.11 Å². The van der Waals surface area contributed by atoms with Gasteiger partial charge < -0.3 is 20.1 Å². The average Bonchev–Trinajstić information content (AvgIpc) is 2.46. The third-order valence-corrected chi connectivity index (χ3v) is 3.99. The molecule has 20 heavy (non-hydrogen) atoms. The summed E-state index contributed by atoms with van der Waals surface area (Å²) >= 11 is 0. The van der Waals surface area contributed by atoms with E-state index < -0.39 is 0 Å². The first kappa shape index (κ1) is 14.7. The van der Waals surface area contributed by atoms with E-state index in [0.717, 1.165) is 19.5 Å². The van der Waals surface area contributed by atoms with E-state index in [1.54, 1.807) is 12.1 Å². The molecule has 1 aliphatic heterocycles. The van der Waals surface area contributed by atoms with Crippen LogP contribution in [0.4, 0.5) is 0 Å². The van der Waals surface area contributed by atoms with Crippen LogP contribution in [0, 0.1) is 5.92 Å². The molecule has 1 heterocycles. The summed E-state index contributed by atoms with van der Waals surface area (Å²) in [6, 6.07) is 5.24. The van der Waals surface area contributed by atoms with Crippen LogP contribution in [0.3, 0.4) is 0 Å². The summed E-state index contributed by atoms with van der Waals surface area (Å²) in [4.78, 5) is 14.3. The number of benzene rings is 1. The van der Waals surface area contributed by atoms with Crippen molar-refractivity contribution in [1.82, 2.24) is 10.2 Å². The standard InChI is InChI=1S/C15H22N2O3/c1-10-9-17(7-6-12(10)16-2)15(19)11-4-5-14(20-3)13(18)8-11/h4-5,8,10,12,16,18H,6-7,9H2,1-3H3. The van der Waals surface area contributed by atoms with Crippen molar-refractivity contribution in [3.05, 3.63) is 23.8 Å². The maximum absolute atomic E-state index is 12.4. The molecule has 5 heteroatoms. The second kappa shape index (κ2) is 6.13. The Hall–Kier alpha value is -1.75. The third kappa shape index (κ3) is 2.88. The number of hydrogen-bond donors (Lipinski definition) is 2. The minimum absolute atomic E-state index is 0.00323. The van der Waals surface area contributed by atoms with Crippen LogP contribution in [0.15, 0.2) is 18.2 Å². The summed E-state index contributed by atoms with van der Waals surface area (Å²) in [6.45, 7) is 3.62. The lowest BCUT2D eigenvalue weighted by Gasteiger charge is -2.36. The van der Waals surface area contributed by atoms with Gasteiger partial charge in [0, 0.05) is 24.7 Å². The largest absolute Gasteiger partial charge is 0.504 e. The smallest absolute Gasteiger partial charge is 0.254 e. The Balaban J connectivity index is 2.10. The number of methoxy groups -OCH3 is 1. The average molecular weight is 278 g/mol. The molecule has 110 valence electrons. The van der Waals surface area contributed by atoms with Crippen molar-refractivity contribution in [2.24, 2.45) is 5.92 Å². The van der Waals surface area contributed by atoms with Gasteiger partial charge in [-0.3, -0.25) is 4.79 Å². The lowest BCUT2D eigenvalue weighted by molar-refractivity contribution is 0.0649. The third-order valence-electron chi connectivity index (χ3n) is 3.99. The molecule has 1 amide bonds. The summed E-state index contributed by atoms with van der Waals surface area (Å²) in [5.74, 6) is 0.759. The van der Waals surface area contributed by atoms with E-state index in [2.05, 4.69) is 12.2 Å². The van der Waals surface area contributed by atoms with Crippen LogP contribution in [-0.2, 0) is 0 Å². The Morgan fingerprint density at radius 2 is 2.25 bits per heavy atom. The molecule has 1 aromatic carbocycles. The number of likely N-dealkylation sites (tertiary alicyclic amines) is 1. The highest BCUT2D eigenvalue weighted by molar-refractivity contribution is 5.95. The molecule has 2 unspecified atom stereocenters. The normalized spacial score (nSPS) is 22.6. The molecule has 0 aromatic heterocycles. The van der Waals surface area contributed by atoms with Crippen molar-refractivity contribution in [2.75, 3.05) is 27.2 Å². The highest BCUT2D eigenvalue weighted by Crippen LogP contribution is 2.27. The van der Waals surface area contributed by atoms with Gasteiger partial charge in [-0.15, -0.1) is 0 Å². The number of rotatable bonds is 3. The monoisotopic (exact) mass is 278 g/mol. The Kier molecular flexibility index (Phi) is 4.49. The van der Waals surface area contributed by atoms with Crippen LogP contribution in [0.5, 0.6) is 11.5 Å². The van der Waals surface area contributed by atoms with Crippen LogP contribution in [0.2, 0.25) is 0 Å². The van der Waals surface area contributed by atoms with E-state index in [1.807, 2.05) is 11.9 Å². The predicted octanol–water partition coefficient (Wildman–Crippen LogP) is 1.47. The quantitative estimate of drug-likeness (QED) is 0.879. The van der Waals surface area contributed by atoms with Crippen LogP contribution in [0.1, 0.15) is 23.7 Å². The molecule has 0 spiro atoms. The maximum Gasteiger partial charge on any atom is 0.254 e. The van der Waals surface area contributed by atoms with Gasteiger partial charge in [0.15, 0.2) is 11.5 Å². The topological polar surface area (TPSA) is 61.8 Å². The molecule has 0 radical (unpaired) electrons. The minimum Gasteiger partial charge on any atom is -0.504 e. The Morgan fingerprint density at radius 1 is 1.50 bits per heavy atom. The zero-order chi connectivity index (χ0) is 14.7. The number of hydrogen-bond acceptors (Lipinski definition) is 4. The number of nitrogens with one attached hydrogen (secondary N) is 1. The number of carbonyl (C=O) groups excluding carboxylic acids is 1. The van der Waals surface area contributed by atoms with E-state index in [-0.39, 0.29) is 11.7 Å². The van der Waals surface area contributed by atoms with Crippen molar-refractivity contribution < 1.29 is 14.6 Å². The van der Waals surface area contributed by atoms with Crippen molar-refractivity contribution >= 4 is 5.91 Å². The van der Waals surface area contributed by atoms with Gasteiger partial charge in [-0.05, 0) is 37.6 Å². The zero-order valence-corrected chi connectivity index (χ0v) is 12.2. The number of aromatic hydroxyl groups is 1. The molecule has 1 aliphatic rings. The van der Waals surface area contributed by atoms with Crippen LogP contribution < -0.4 is 10.1 Å². The van der Waals surface area contributed by atoms with E-state index in [9.17, 15) is 9.90 Å². The fraction of sp³-hybridized carbons (Fsp3) is 0.533. The predicted molar refractivity (Wildman–Crippen MR) is 77.2 cm³/mol. The first-order valence-electron chi connectivity index (χ1n) is 6.90. The highest BCUT2D eigenvalue weighted by atomic mass is 16.5. The zero-order valence-electron chi connectivity index (χ0n) is 12.2. The lowest BCUT2D eigenvalue weighted by Crippen LogP contribution is -2.49. The fourth-order valence-electron chi connectivity index (χ4n) is 2.76. The Bertz CT molecular complexity index is 490. The minimum atomic E-state index is -0.0376. The Labute approximate surface area is 119 Å². The van der Waals surface area contributed by atoms with E-state index >= 15 is 0 Å². The summed E-state index contributed by atoms with van der Waals surface area (Å²) in [6.07, 6.45) is 0.950. The van der Waals surface area contributed by atoms with Gasteiger partial charge >= 0.3 is 0 Å². The molecule has 0 bridgehead atoms. The molecule has 1 fully saturated rings. The second-order valence-corrected chi connectivity index (χ2v) is 5.30. The summed E-state index contributed by atoms with van der Waals surface area (Å²) in [5, 5.41) is 13.0. The second-order valence-electron chi connectivity index (χ2n) is 5.30. The molecule has 2 atom stereocenters. The van der Waals surface area contributed by atoms with E-state index in [4.69, 9.17) is 4.74 Å². The number of phenols is 1. The first-order valence-corrected chi connectivity index (χ1v) is 6.90. The van der Waals surface area contributed by atoms with Gasteiger partial charge in [0.1, 0.15) is 0 Å². The van der Waals surface area contributed by atoms with Gasteiger partial charge in [-0.1, -0.05) is 6.92 Å². The van der Waals surface area contributed by atoms with Crippen molar-refractivity contribution in [2.45, 2.75) is 19.4 Å². The first-order chi connectivity index (χ1) is 9.56. The number of phenolic OH excluding ortho intramolecular Hbond substituents is 1. The molecule has 2 rings (SSSR count). The molecule has 0 saturated carbocycles. The molecule has 2 N–H and O–H groups in total. The molecule has 5 nitrogen and oxygen atoms in total. The lowest BCUT2D eigenvalue weighted by atomic mass is 9.93. The number of amides is 1. The number of ether oxygens (including phenoxy) is 1. The maximum atomic E-state index is 12.4. The Morgan fingerprint density at radius 3 is 2.80 bits per heavy atom.